The molecule has 5 rings (SSSR count). The highest BCUT2D eigenvalue weighted by molar-refractivity contribution is 5.49. The number of aromatic nitrogens is 2. The van der Waals surface area contributed by atoms with E-state index in [1.54, 1.807) is 21.1 Å². The van der Waals surface area contributed by atoms with Crippen LogP contribution in [0.1, 0.15) is 28.5 Å². The predicted molar refractivity (Wildman–Crippen MR) is 183 cm³/mol. The van der Waals surface area contributed by atoms with E-state index in [2.05, 4.69) is 4.98 Å². The summed E-state index contributed by atoms with van der Waals surface area (Å²) >= 11 is 0. The van der Waals surface area contributed by atoms with Gasteiger partial charge in [-0.2, -0.15) is 0 Å². The molecule has 0 spiro atoms. The monoisotopic (exact) mass is 675 g/mol. The van der Waals surface area contributed by atoms with Crippen LogP contribution in [0.4, 0.5) is 0 Å². The lowest BCUT2D eigenvalue weighted by Gasteiger charge is -2.37. The van der Waals surface area contributed by atoms with E-state index >= 15 is 0 Å². The fraction of sp³-hybridized carbons (Fsp3) is 0.405. The summed E-state index contributed by atoms with van der Waals surface area (Å²) in [6.45, 7) is 3.17. The zero-order valence-electron chi connectivity index (χ0n) is 28.5. The maximum Gasteiger partial charge on any atom is 0.330 e. The number of likely N-dealkylation sites (N-methyl/N-ethyl adjacent to an activating group) is 1. The summed E-state index contributed by atoms with van der Waals surface area (Å²) in [5, 5.41) is 11.7. The number of nitrogens with one attached hydrogen (secondary N) is 1. The second-order valence-corrected chi connectivity index (χ2v) is 12.1. The third kappa shape index (κ3) is 8.13. The van der Waals surface area contributed by atoms with Gasteiger partial charge in [0.05, 0.1) is 40.6 Å². The molecule has 3 aromatic carbocycles. The van der Waals surface area contributed by atoms with Gasteiger partial charge in [0.15, 0.2) is 6.23 Å². The number of hydrogen-bond acceptors (Lipinski definition) is 10. The van der Waals surface area contributed by atoms with Crippen LogP contribution in [-0.4, -0.2) is 99.2 Å². The van der Waals surface area contributed by atoms with E-state index in [9.17, 15) is 14.7 Å². The maximum atomic E-state index is 13.0. The average Bonchev–Trinajstić information content (AvgIpc) is 3.43. The van der Waals surface area contributed by atoms with Gasteiger partial charge in [0.2, 0.25) is 0 Å². The van der Waals surface area contributed by atoms with Crippen LogP contribution in [0.3, 0.4) is 0 Å². The molecule has 262 valence electrons. The maximum absolute atomic E-state index is 13.0. The van der Waals surface area contributed by atoms with Crippen LogP contribution in [0.25, 0.3) is 0 Å². The van der Waals surface area contributed by atoms with E-state index in [0.717, 1.165) is 23.2 Å². The number of hydrogen-bond donors (Lipinski definition) is 2. The lowest BCUT2D eigenvalue weighted by Crippen LogP contribution is -2.41. The van der Waals surface area contributed by atoms with Crippen molar-refractivity contribution in [3.8, 4) is 11.5 Å². The minimum Gasteiger partial charge on any atom is -0.497 e. The average molecular weight is 676 g/mol. The standard InChI is InChI=1S/C37H45N3O9/c1-25-23-40(36(43)38-34(25)42)35-33(47-22-21-46-20-19-39(2)3)32(41)31(49-35)24-48-37(26-9-7-6-8-10-26,27-11-15-29(44-4)16-12-27)28-13-17-30(45-5)18-14-28/h6-18,23,31-33,35,41H,19-22,24H2,1-5H3,(H,38,42,43)/t31-,32-,33-,35-/m1/s1. The molecule has 49 heavy (non-hydrogen) atoms. The highest BCUT2D eigenvalue weighted by atomic mass is 16.6. The minimum atomic E-state index is -1.20. The molecule has 1 aromatic heterocycles. The normalized spacial score (nSPS) is 19.3. The van der Waals surface area contributed by atoms with E-state index in [1.807, 2.05) is 97.9 Å². The first-order valence-corrected chi connectivity index (χ1v) is 16.2. The van der Waals surface area contributed by atoms with Gasteiger partial charge in [-0.25, -0.2) is 4.79 Å². The van der Waals surface area contributed by atoms with Crippen LogP contribution >= 0.6 is 0 Å². The molecule has 2 heterocycles. The third-order valence-electron chi connectivity index (χ3n) is 8.59. The molecule has 0 radical (unpaired) electrons. The number of benzene rings is 3. The molecule has 0 saturated carbocycles. The molecule has 4 aromatic rings. The molecule has 12 heteroatoms. The Kier molecular flexibility index (Phi) is 12.0. The van der Waals surface area contributed by atoms with Crippen molar-refractivity contribution < 1.29 is 33.5 Å². The fourth-order valence-corrected chi connectivity index (χ4v) is 5.91. The first-order valence-electron chi connectivity index (χ1n) is 16.2. The van der Waals surface area contributed by atoms with Gasteiger partial charge < -0.3 is 38.4 Å². The number of aryl methyl sites for hydroxylation is 1. The number of methoxy groups -OCH3 is 2. The number of rotatable bonds is 16. The quantitative estimate of drug-likeness (QED) is 0.135. The van der Waals surface area contributed by atoms with Crippen molar-refractivity contribution in [3.05, 3.63) is 128 Å². The Morgan fingerprint density at radius 1 is 0.857 bits per heavy atom. The molecule has 1 aliphatic rings. The van der Waals surface area contributed by atoms with Crippen LogP contribution in [0.5, 0.6) is 11.5 Å². The summed E-state index contributed by atoms with van der Waals surface area (Å²) in [6.07, 6.45) is -2.74. The Morgan fingerprint density at radius 3 is 2.02 bits per heavy atom. The highest BCUT2D eigenvalue weighted by Gasteiger charge is 2.48. The first-order chi connectivity index (χ1) is 23.7. The second-order valence-electron chi connectivity index (χ2n) is 12.1. The van der Waals surface area contributed by atoms with Gasteiger partial charge in [-0.05, 0) is 62.0 Å². The van der Waals surface area contributed by atoms with Crippen LogP contribution in [0, 0.1) is 6.92 Å². The SMILES string of the molecule is COc1ccc(C(OC[C@H]2O[C@@H](n3cc(C)c(=O)[nH]c3=O)[C@H](OCCOCCN(C)C)[C@@H]2O)(c2ccccc2)c2ccc(OC)cc2)cc1. The Bertz CT molecular complexity index is 1690. The number of aliphatic hydroxyl groups excluding tert-OH is 1. The number of nitrogens with zero attached hydrogens (tertiary/aromatic N) is 2. The summed E-state index contributed by atoms with van der Waals surface area (Å²) in [4.78, 5) is 29.5. The molecular formula is C37H45N3O9. The van der Waals surface area contributed by atoms with Crippen molar-refractivity contribution in [2.75, 3.05) is 61.3 Å². The van der Waals surface area contributed by atoms with Gasteiger partial charge in [0, 0.05) is 18.3 Å². The van der Waals surface area contributed by atoms with Gasteiger partial charge in [-0.3, -0.25) is 14.3 Å². The van der Waals surface area contributed by atoms with Crippen LogP contribution < -0.4 is 20.7 Å². The lowest BCUT2D eigenvalue weighted by molar-refractivity contribution is -0.1000. The van der Waals surface area contributed by atoms with Crippen molar-refractivity contribution in [2.45, 2.75) is 37.1 Å². The zero-order valence-corrected chi connectivity index (χ0v) is 28.5. The van der Waals surface area contributed by atoms with Crippen molar-refractivity contribution in [1.29, 1.82) is 0 Å². The van der Waals surface area contributed by atoms with Crippen molar-refractivity contribution in [1.82, 2.24) is 14.5 Å². The van der Waals surface area contributed by atoms with E-state index in [1.165, 1.54) is 10.8 Å². The number of aliphatic hydroxyl groups is 1. The smallest absolute Gasteiger partial charge is 0.330 e. The largest absolute Gasteiger partial charge is 0.497 e. The molecule has 0 aliphatic carbocycles. The second kappa shape index (κ2) is 16.4. The summed E-state index contributed by atoms with van der Waals surface area (Å²) < 4.78 is 37.3. The molecule has 12 nitrogen and oxygen atoms in total. The number of aromatic amines is 1. The number of ether oxygens (including phenoxy) is 6. The molecule has 4 atom stereocenters. The highest BCUT2D eigenvalue weighted by Crippen LogP contribution is 2.43. The Hall–Kier alpha value is -4.30. The van der Waals surface area contributed by atoms with Crippen molar-refractivity contribution >= 4 is 0 Å². The van der Waals surface area contributed by atoms with Gasteiger partial charge in [0.25, 0.3) is 5.56 Å². The molecule has 1 fully saturated rings. The lowest BCUT2D eigenvalue weighted by atomic mass is 9.80. The minimum absolute atomic E-state index is 0.0963. The Morgan fingerprint density at radius 2 is 1.45 bits per heavy atom. The van der Waals surface area contributed by atoms with Crippen LogP contribution in [-0.2, 0) is 24.5 Å². The summed E-state index contributed by atoms with van der Waals surface area (Å²) in [5.41, 5.74) is 0.420. The van der Waals surface area contributed by atoms with Crippen LogP contribution in [0.2, 0.25) is 0 Å². The summed E-state index contributed by atoms with van der Waals surface area (Å²) in [6, 6.07) is 25.0. The van der Waals surface area contributed by atoms with Crippen LogP contribution in [0.15, 0.2) is 94.6 Å². The van der Waals surface area contributed by atoms with E-state index < -0.39 is 41.4 Å². The van der Waals surface area contributed by atoms with E-state index in [0.29, 0.717) is 23.7 Å². The molecule has 1 saturated heterocycles. The molecule has 0 amide bonds. The summed E-state index contributed by atoms with van der Waals surface area (Å²) in [5.74, 6) is 1.37. The van der Waals surface area contributed by atoms with Gasteiger partial charge in [-0.15, -0.1) is 0 Å². The van der Waals surface area contributed by atoms with Gasteiger partial charge >= 0.3 is 5.69 Å². The predicted octanol–water partition coefficient (Wildman–Crippen LogP) is 3.09. The Labute approximate surface area is 285 Å². The molecular weight excluding hydrogens is 630 g/mol. The van der Waals surface area contributed by atoms with Crippen molar-refractivity contribution in [2.24, 2.45) is 0 Å². The fourth-order valence-electron chi connectivity index (χ4n) is 5.91. The first kappa shape index (κ1) is 36.0. The molecule has 1 aliphatic heterocycles. The van der Waals surface area contributed by atoms with E-state index in [-0.39, 0.29) is 19.8 Å². The van der Waals surface area contributed by atoms with Gasteiger partial charge in [-0.1, -0.05) is 54.6 Å². The third-order valence-corrected chi connectivity index (χ3v) is 8.59. The molecule has 0 bridgehead atoms. The van der Waals surface area contributed by atoms with Gasteiger partial charge in [0.1, 0.15) is 35.4 Å². The molecule has 0 unspecified atom stereocenters. The zero-order chi connectivity index (χ0) is 35.0. The summed E-state index contributed by atoms with van der Waals surface area (Å²) in [7, 11) is 7.13. The Balaban J connectivity index is 1.50. The van der Waals surface area contributed by atoms with E-state index in [4.69, 9.17) is 28.4 Å². The number of H-pyrrole nitrogens is 1. The topological polar surface area (TPSA) is 134 Å². The molecule has 2 N–H and O–H groups in total. The van der Waals surface area contributed by atoms with Crippen molar-refractivity contribution in [3.63, 3.8) is 0 Å².